The molecule has 1 saturated carbocycles. The number of nitrogens with zero attached hydrogens (tertiary/aromatic N) is 2. The number of rotatable bonds is 3. The zero-order chi connectivity index (χ0) is 52.5. The zero-order valence-corrected chi connectivity index (χ0v) is 49.0. The van der Waals surface area contributed by atoms with Crippen molar-refractivity contribution in [2.45, 2.75) is 211 Å². The minimum Gasteiger partial charge on any atom is -0.311 e. The molecule has 2 bridgehead atoms. The number of aryl methyl sites for hydroxylation is 1. The standard InChI is InChI=1S/C71H81BN2S/c1-42-33-58-62-59(34-42)74(56-39-51-49(66(6,7)25-27-68(51,10)11)36-45(56)43-19-17-16-18-20-43)57-40-52-50(67(8,9)26-28-69(52,12)13)38-55(57)72(62)61-46-37-53-54(71(15)31-29-70(53,14)30-32-71)41-60(46)75-63(61)73(58)44-21-22-47-48(35-44)65(4,5)24-23-64(47,2)3/h16-22,33-41H,23-32H2,1-15H3. The lowest BCUT2D eigenvalue weighted by atomic mass is 9.33. The second-order valence-electron chi connectivity index (χ2n) is 29.9. The molecule has 6 aromatic carbocycles. The van der Waals surface area contributed by atoms with E-state index in [0.717, 1.165) is 0 Å². The molecule has 384 valence electrons. The van der Waals surface area contributed by atoms with Gasteiger partial charge in [-0.15, -0.1) is 11.3 Å². The molecule has 15 rings (SSSR count). The molecule has 1 aromatic heterocycles. The van der Waals surface area contributed by atoms with E-state index in [1.807, 2.05) is 0 Å². The fourth-order valence-electron chi connectivity index (χ4n) is 16.5. The van der Waals surface area contributed by atoms with Crippen molar-refractivity contribution in [1.29, 1.82) is 0 Å². The van der Waals surface area contributed by atoms with E-state index in [1.165, 1.54) is 169 Å². The van der Waals surface area contributed by atoms with Gasteiger partial charge in [-0.05, 0) is 246 Å². The van der Waals surface area contributed by atoms with Crippen LogP contribution in [-0.4, -0.2) is 6.71 Å². The highest BCUT2D eigenvalue weighted by Crippen LogP contribution is 2.60. The number of thiophene rings is 1. The minimum absolute atomic E-state index is 0.0340. The van der Waals surface area contributed by atoms with Gasteiger partial charge in [0.2, 0.25) is 0 Å². The molecule has 0 radical (unpaired) electrons. The van der Waals surface area contributed by atoms with E-state index in [9.17, 15) is 0 Å². The molecular weight excluding hydrogens is 924 g/mol. The van der Waals surface area contributed by atoms with Crippen LogP contribution in [0.15, 0.2) is 97.1 Å². The van der Waals surface area contributed by atoms with E-state index in [1.54, 1.807) is 16.7 Å². The number of hydrogen-bond donors (Lipinski definition) is 0. The fraction of sp³-hybridized carbons (Fsp3) is 0.465. The summed E-state index contributed by atoms with van der Waals surface area (Å²) in [4.78, 5) is 5.59. The monoisotopic (exact) mass is 1000 g/mol. The van der Waals surface area contributed by atoms with Gasteiger partial charge in [0.15, 0.2) is 0 Å². The topological polar surface area (TPSA) is 6.48 Å². The van der Waals surface area contributed by atoms with Crippen molar-refractivity contribution in [3.05, 3.63) is 147 Å². The first-order valence-corrected chi connectivity index (χ1v) is 30.0. The maximum absolute atomic E-state index is 2.81. The van der Waals surface area contributed by atoms with Crippen molar-refractivity contribution >= 4 is 78.0 Å². The molecule has 2 aliphatic heterocycles. The quantitative estimate of drug-likeness (QED) is 0.163. The van der Waals surface area contributed by atoms with Crippen LogP contribution in [0.4, 0.5) is 33.4 Å². The van der Waals surface area contributed by atoms with Crippen LogP contribution in [0.2, 0.25) is 0 Å². The summed E-state index contributed by atoms with van der Waals surface area (Å²) in [6.45, 7) is 37.7. The van der Waals surface area contributed by atoms with Crippen molar-refractivity contribution in [3.63, 3.8) is 0 Å². The zero-order valence-electron chi connectivity index (χ0n) is 48.2. The molecule has 7 aromatic rings. The summed E-state index contributed by atoms with van der Waals surface area (Å²) in [6, 6.07) is 40.6. The molecule has 6 aliphatic carbocycles. The Balaban J connectivity index is 1.14. The fourth-order valence-corrected chi connectivity index (χ4v) is 17.8. The van der Waals surface area contributed by atoms with Crippen LogP contribution in [0.5, 0.6) is 0 Å². The maximum Gasteiger partial charge on any atom is 0.254 e. The Hall–Kier alpha value is -5.06. The van der Waals surface area contributed by atoms with Gasteiger partial charge < -0.3 is 9.80 Å². The Labute approximate surface area is 454 Å². The van der Waals surface area contributed by atoms with Crippen molar-refractivity contribution in [1.82, 2.24) is 0 Å². The number of fused-ring (bicyclic) bond motifs is 11. The normalized spacial score (nSPS) is 25.1. The molecule has 4 heteroatoms. The smallest absolute Gasteiger partial charge is 0.254 e. The van der Waals surface area contributed by atoms with E-state index in [0.29, 0.717) is 0 Å². The molecule has 8 aliphatic rings. The summed E-state index contributed by atoms with van der Waals surface area (Å²) in [6.07, 6.45) is 12.3. The summed E-state index contributed by atoms with van der Waals surface area (Å²) in [5.41, 5.74) is 28.3. The lowest BCUT2D eigenvalue weighted by molar-refractivity contribution is 0.188. The van der Waals surface area contributed by atoms with Gasteiger partial charge in [0.1, 0.15) is 0 Å². The largest absolute Gasteiger partial charge is 0.311 e. The number of benzene rings is 6. The SMILES string of the molecule is Cc1cc2c3c(c1)N(c1ccc4c(c1)C(C)(C)CCC4(C)C)c1sc4cc5c(cc4c1B3c1cc3c(cc1N2c1cc2c(cc1-c1ccccc1)C(C)(C)CCC2(C)C)C(C)(C)CCC3(C)C)C1(C)CCC5(C)CC1. The van der Waals surface area contributed by atoms with Crippen LogP contribution in [0, 0.1) is 6.92 Å². The molecule has 2 nitrogen and oxygen atoms in total. The third kappa shape index (κ3) is 6.69. The maximum atomic E-state index is 2.81. The number of anilines is 6. The molecule has 1 fully saturated rings. The summed E-state index contributed by atoms with van der Waals surface area (Å²) < 4.78 is 1.46. The van der Waals surface area contributed by atoms with E-state index < -0.39 is 0 Å². The van der Waals surface area contributed by atoms with Gasteiger partial charge in [0.05, 0.1) is 10.7 Å². The van der Waals surface area contributed by atoms with E-state index in [-0.39, 0.29) is 50.0 Å². The molecule has 0 atom stereocenters. The number of hydrogen-bond acceptors (Lipinski definition) is 3. The van der Waals surface area contributed by atoms with Crippen molar-refractivity contribution in [3.8, 4) is 11.1 Å². The highest BCUT2D eigenvalue weighted by Gasteiger charge is 2.52. The predicted molar refractivity (Wildman–Crippen MR) is 325 cm³/mol. The van der Waals surface area contributed by atoms with Crippen molar-refractivity contribution in [2.24, 2.45) is 0 Å². The lowest BCUT2D eigenvalue weighted by Gasteiger charge is -2.52. The van der Waals surface area contributed by atoms with Crippen molar-refractivity contribution in [2.75, 3.05) is 9.80 Å². The van der Waals surface area contributed by atoms with E-state index in [2.05, 4.69) is 222 Å². The summed E-state index contributed by atoms with van der Waals surface area (Å²) in [7, 11) is 0. The summed E-state index contributed by atoms with van der Waals surface area (Å²) in [5.74, 6) is 0. The third-order valence-corrected chi connectivity index (χ3v) is 23.2. The highest BCUT2D eigenvalue weighted by molar-refractivity contribution is 7.26. The molecular formula is C71H81BN2S. The van der Waals surface area contributed by atoms with E-state index >= 15 is 0 Å². The first kappa shape index (κ1) is 48.3. The van der Waals surface area contributed by atoms with Gasteiger partial charge in [-0.3, -0.25) is 0 Å². The van der Waals surface area contributed by atoms with Crippen LogP contribution in [0.25, 0.3) is 21.2 Å². The summed E-state index contributed by atoms with van der Waals surface area (Å²) in [5, 5.41) is 2.90. The Morgan fingerprint density at radius 1 is 0.400 bits per heavy atom. The highest BCUT2D eigenvalue weighted by atomic mass is 32.1. The molecule has 0 N–H and O–H groups in total. The molecule has 0 unspecified atom stereocenters. The Morgan fingerprint density at radius 2 is 0.880 bits per heavy atom. The van der Waals surface area contributed by atoms with Gasteiger partial charge in [-0.1, -0.05) is 139 Å². The first-order valence-electron chi connectivity index (χ1n) is 29.2. The first-order chi connectivity index (χ1) is 35.2. The second kappa shape index (κ2) is 15.1. The van der Waals surface area contributed by atoms with Gasteiger partial charge in [0.25, 0.3) is 6.71 Å². The van der Waals surface area contributed by atoms with Crippen LogP contribution < -0.4 is 26.2 Å². The molecule has 75 heavy (non-hydrogen) atoms. The van der Waals surface area contributed by atoms with Crippen LogP contribution >= 0.6 is 11.3 Å². The van der Waals surface area contributed by atoms with Gasteiger partial charge in [-0.25, -0.2) is 0 Å². The Kier molecular flexibility index (Phi) is 9.76. The molecule has 0 saturated heterocycles. The molecule has 3 heterocycles. The average Bonchev–Trinajstić information content (AvgIpc) is 3.76. The average molecular weight is 1010 g/mol. The Morgan fingerprint density at radius 3 is 1.45 bits per heavy atom. The van der Waals surface area contributed by atoms with Gasteiger partial charge >= 0.3 is 0 Å². The van der Waals surface area contributed by atoms with Crippen LogP contribution in [0.3, 0.4) is 0 Å². The van der Waals surface area contributed by atoms with Crippen molar-refractivity contribution < 1.29 is 0 Å². The summed E-state index contributed by atoms with van der Waals surface area (Å²) >= 11 is 2.08. The molecule has 0 spiro atoms. The minimum atomic E-state index is 0.0340. The third-order valence-electron chi connectivity index (χ3n) is 22.1. The Bertz CT molecular complexity index is 3620. The predicted octanol–water partition coefficient (Wildman–Crippen LogP) is 18.1. The second-order valence-corrected chi connectivity index (χ2v) is 31.0. The van der Waals surface area contributed by atoms with E-state index in [4.69, 9.17) is 0 Å². The molecule has 0 amide bonds. The van der Waals surface area contributed by atoms with Crippen LogP contribution in [0.1, 0.15) is 211 Å². The lowest BCUT2D eigenvalue weighted by Crippen LogP contribution is -2.61. The van der Waals surface area contributed by atoms with Crippen LogP contribution in [-0.2, 0) is 43.3 Å². The van der Waals surface area contributed by atoms with Gasteiger partial charge in [0, 0.05) is 33.0 Å². The van der Waals surface area contributed by atoms with Gasteiger partial charge in [-0.2, -0.15) is 0 Å².